The highest BCUT2D eigenvalue weighted by atomic mass is 32.2. The Morgan fingerprint density at radius 3 is 2.79 bits per heavy atom. The number of ether oxygens (including phenoxy) is 1. The van der Waals surface area contributed by atoms with Crippen LogP contribution in [0.25, 0.3) is 0 Å². The largest absolute Gasteiger partial charge is 0.383 e. The van der Waals surface area contributed by atoms with Gasteiger partial charge in [-0.05, 0) is 43.7 Å². The first kappa shape index (κ1) is 20.2. The van der Waals surface area contributed by atoms with Gasteiger partial charge in [-0.3, -0.25) is 9.59 Å². The van der Waals surface area contributed by atoms with Crippen molar-refractivity contribution >= 4 is 34.7 Å². The third kappa shape index (κ3) is 5.06. The second-order valence-corrected chi connectivity index (χ2v) is 8.24. The van der Waals surface area contributed by atoms with Crippen LogP contribution in [0.5, 0.6) is 0 Å². The molecule has 0 saturated heterocycles. The minimum absolute atomic E-state index is 0.173. The van der Waals surface area contributed by atoms with Gasteiger partial charge in [0.15, 0.2) is 4.34 Å². The molecule has 0 bridgehead atoms. The molecule has 9 heteroatoms. The van der Waals surface area contributed by atoms with Crippen LogP contribution in [0.1, 0.15) is 21.7 Å². The maximum atomic E-state index is 12.5. The van der Waals surface area contributed by atoms with Crippen molar-refractivity contribution in [1.82, 2.24) is 14.8 Å². The molecule has 0 atom stereocenters. The van der Waals surface area contributed by atoms with Gasteiger partial charge in [0.25, 0.3) is 11.5 Å². The Balaban J connectivity index is 1.72. The molecule has 3 aromatic rings. The smallest absolute Gasteiger partial charge is 0.276 e. The standard InChI is InChI=1S/C19H20N4O3S2/c1-12-10-14(28-19-20-13(2)11-27-19)4-5-15(12)21-18(25)16-6-7-17(24)23(22-16)8-9-26-3/h4-7,10-11H,8-9H2,1-3H3,(H,21,25). The van der Waals surface area contributed by atoms with Crippen molar-refractivity contribution in [2.24, 2.45) is 0 Å². The van der Waals surface area contributed by atoms with Crippen molar-refractivity contribution in [3.8, 4) is 0 Å². The van der Waals surface area contributed by atoms with Gasteiger partial charge in [-0.25, -0.2) is 9.67 Å². The van der Waals surface area contributed by atoms with Crippen LogP contribution in [0.2, 0.25) is 0 Å². The van der Waals surface area contributed by atoms with Crippen LogP contribution in [0.4, 0.5) is 5.69 Å². The number of hydrogen-bond donors (Lipinski definition) is 1. The van der Waals surface area contributed by atoms with Crippen molar-refractivity contribution in [2.75, 3.05) is 19.0 Å². The highest BCUT2D eigenvalue weighted by molar-refractivity contribution is 8.01. The molecule has 0 aliphatic heterocycles. The lowest BCUT2D eigenvalue weighted by molar-refractivity contribution is 0.101. The number of nitrogens with zero attached hydrogens (tertiary/aromatic N) is 3. The van der Waals surface area contributed by atoms with Gasteiger partial charge in [0.1, 0.15) is 5.69 Å². The summed E-state index contributed by atoms with van der Waals surface area (Å²) in [6.07, 6.45) is 0. The van der Waals surface area contributed by atoms with Gasteiger partial charge < -0.3 is 10.1 Å². The number of rotatable bonds is 7. The zero-order valence-corrected chi connectivity index (χ0v) is 17.4. The average Bonchev–Trinajstić information content (AvgIpc) is 3.08. The van der Waals surface area contributed by atoms with E-state index in [-0.39, 0.29) is 23.7 Å². The number of thiazole rings is 1. The van der Waals surface area contributed by atoms with Crippen LogP contribution in [-0.4, -0.2) is 34.4 Å². The number of methoxy groups -OCH3 is 1. The molecule has 0 aliphatic rings. The fourth-order valence-electron chi connectivity index (χ4n) is 2.41. The van der Waals surface area contributed by atoms with Crippen molar-refractivity contribution in [3.05, 3.63) is 63.0 Å². The van der Waals surface area contributed by atoms with E-state index in [1.54, 1.807) is 30.2 Å². The molecular formula is C19H20N4O3S2. The number of nitrogens with one attached hydrogen (secondary N) is 1. The van der Waals surface area contributed by atoms with E-state index in [0.29, 0.717) is 12.3 Å². The number of anilines is 1. The van der Waals surface area contributed by atoms with E-state index in [0.717, 1.165) is 20.5 Å². The quantitative estimate of drug-likeness (QED) is 0.636. The number of carbonyl (C=O) groups is 1. The Morgan fingerprint density at radius 2 is 2.11 bits per heavy atom. The molecule has 1 aromatic carbocycles. The zero-order chi connectivity index (χ0) is 20.1. The molecule has 2 aromatic heterocycles. The molecule has 0 unspecified atom stereocenters. The zero-order valence-electron chi connectivity index (χ0n) is 15.8. The fourth-order valence-corrected chi connectivity index (χ4v) is 4.32. The summed E-state index contributed by atoms with van der Waals surface area (Å²) in [7, 11) is 1.54. The van der Waals surface area contributed by atoms with Crippen LogP contribution < -0.4 is 10.9 Å². The Morgan fingerprint density at radius 1 is 1.29 bits per heavy atom. The first-order valence-electron chi connectivity index (χ1n) is 8.55. The molecule has 146 valence electrons. The predicted molar refractivity (Wildman–Crippen MR) is 110 cm³/mol. The number of hydrogen-bond acceptors (Lipinski definition) is 7. The lowest BCUT2D eigenvalue weighted by Gasteiger charge is -2.10. The van der Waals surface area contributed by atoms with Crippen molar-refractivity contribution < 1.29 is 9.53 Å². The Bertz CT molecular complexity index is 1050. The van der Waals surface area contributed by atoms with Gasteiger partial charge in [-0.15, -0.1) is 11.3 Å². The molecule has 2 heterocycles. The molecule has 0 aliphatic carbocycles. The SMILES string of the molecule is COCCn1nc(C(=O)Nc2ccc(Sc3nc(C)cs3)cc2C)ccc1=O. The van der Waals surface area contributed by atoms with Crippen LogP contribution in [0, 0.1) is 13.8 Å². The summed E-state index contributed by atoms with van der Waals surface area (Å²) in [5, 5.41) is 8.98. The monoisotopic (exact) mass is 416 g/mol. The van der Waals surface area contributed by atoms with E-state index in [1.165, 1.54) is 16.8 Å². The van der Waals surface area contributed by atoms with Gasteiger partial charge in [0, 0.05) is 34.8 Å². The summed E-state index contributed by atoms with van der Waals surface area (Å²) < 4.78 is 7.17. The van der Waals surface area contributed by atoms with Crippen LogP contribution in [0.15, 0.2) is 49.7 Å². The highest BCUT2D eigenvalue weighted by Crippen LogP contribution is 2.32. The normalized spacial score (nSPS) is 10.8. The van der Waals surface area contributed by atoms with E-state index < -0.39 is 0 Å². The first-order valence-corrected chi connectivity index (χ1v) is 10.2. The van der Waals surface area contributed by atoms with E-state index in [1.807, 2.05) is 37.4 Å². The van der Waals surface area contributed by atoms with Gasteiger partial charge in [-0.1, -0.05) is 11.8 Å². The average molecular weight is 417 g/mol. The molecular weight excluding hydrogens is 396 g/mol. The summed E-state index contributed by atoms with van der Waals surface area (Å²) >= 11 is 3.20. The maximum absolute atomic E-state index is 12.5. The van der Waals surface area contributed by atoms with E-state index in [9.17, 15) is 9.59 Å². The summed E-state index contributed by atoms with van der Waals surface area (Å²) in [5.74, 6) is -0.370. The third-order valence-corrected chi connectivity index (χ3v) is 5.90. The molecule has 7 nitrogen and oxygen atoms in total. The van der Waals surface area contributed by atoms with Crippen LogP contribution >= 0.6 is 23.1 Å². The second kappa shape index (κ2) is 9.13. The topological polar surface area (TPSA) is 86.1 Å². The van der Waals surface area contributed by atoms with Gasteiger partial charge in [-0.2, -0.15) is 5.10 Å². The van der Waals surface area contributed by atoms with Gasteiger partial charge >= 0.3 is 0 Å². The number of aryl methyl sites for hydroxylation is 2. The van der Waals surface area contributed by atoms with Crippen molar-refractivity contribution in [3.63, 3.8) is 0 Å². The molecule has 0 saturated carbocycles. The van der Waals surface area contributed by atoms with Gasteiger partial charge in [0.05, 0.1) is 13.2 Å². The number of benzene rings is 1. The van der Waals surface area contributed by atoms with Crippen LogP contribution in [-0.2, 0) is 11.3 Å². The van der Waals surface area contributed by atoms with E-state index in [4.69, 9.17) is 4.74 Å². The Labute approximate surface area is 170 Å². The summed E-state index contributed by atoms with van der Waals surface area (Å²) in [4.78, 5) is 29.9. The van der Waals surface area contributed by atoms with Crippen molar-refractivity contribution in [2.45, 2.75) is 29.6 Å². The predicted octanol–water partition coefficient (Wildman–Crippen LogP) is 3.37. The minimum atomic E-state index is -0.370. The lowest BCUT2D eigenvalue weighted by Crippen LogP contribution is -2.27. The molecule has 0 fully saturated rings. The minimum Gasteiger partial charge on any atom is -0.383 e. The fraction of sp³-hybridized carbons (Fsp3) is 0.263. The summed E-state index contributed by atoms with van der Waals surface area (Å²) in [6, 6.07) is 8.56. The third-order valence-electron chi connectivity index (χ3n) is 3.86. The Hall–Kier alpha value is -2.49. The molecule has 3 rings (SSSR count). The van der Waals surface area contributed by atoms with E-state index in [2.05, 4.69) is 15.4 Å². The molecule has 1 amide bonds. The first-order chi connectivity index (χ1) is 13.5. The number of aromatic nitrogens is 3. The van der Waals surface area contributed by atoms with E-state index >= 15 is 0 Å². The second-order valence-electron chi connectivity index (χ2n) is 6.06. The maximum Gasteiger partial charge on any atom is 0.276 e. The highest BCUT2D eigenvalue weighted by Gasteiger charge is 2.12. The molecule has 0 radical (unpaired) electrons. The molecule has 1 N–H and O–H groups in total. The summed E-state index contributed by atoms with van der Waals surface area (Å²) in [6.45, 7) is 4.53. The number of carbonyl (C=O) groups excluding carboxylic acids is 1. The summed E-state index contributed by atoms with van der Waals surface area (Å²) in [5.41, 5.74) is 2.53. The number of amides is 1. The van der Waals surface area contributed by atoms with Crippen LogP contribution in [0.3, 0.4) is 0 Å². The lowest BCUT2D eigenvalue weighted by atomic mass is 10.2. The molecule has 28 heavy (non-hydrogen) atoms. The van der Waals surface area contributed by atoms with Crippen molar-refractivity contribution in [1.29, 1.82) is 0 Å². The Kier molecular flexibility index (Phi) is 6.61. The van der Waals surface area contributed by atoms with Gasteiger partial charge in [0.2, 0.25) is 0 Å². The molecule has 0 spiro atoms.